The molecule has 6 heteroatoms. The summed E-state index contributed by atoms with van der Waals surface area (Å²) in [6.45, 7) is 3.59. The minimum absolute atomic E-state index is 0.178. The van der Waals surface area contributed by atoms with Crippen molar-refractivity contribution < 1.29 is 13.9 Å². The number of fused-ring (bicyclic) bond motifs is 1. The van der Waals surface area contributed by atoms with Gasteiger partial charge < -0.3 is 19.5 Å². The molecule has 1 aromatic heterocycles. The number of nitrogens with zero attached hydrogens (tertiary/aromatic N) is 2. The highest BCUT2D eigenvalue weighted by atomic mass is 19.1. The number of methoxy groups -OCH3 is 1. The van der Waals surface area contributed by atoms with Crippen LogP contribution < -0.4 is 5.32 Å². The number of alkyl carbamates (subject to hydrolysis) is 1. The lowest BCUT2D eigenvalue weighted by atomic mass is 10.0. The van der Waals surface area contributed by atoms with Crippen molar-refractivity contribution in [1.29, 1.82) is 0 Å². The fourth-order valence-corrected chi connectivity index (χ4v) is 4.23. The van der Waals surface area contributed by atoms with E-state index in [2.05, 4.69) is 43.9 Å². The van der Waals surface area contributed by atoms with Crippen LogP contribution in [-0.2, 0) is 17.7 Å². The third-order valence-electron chi connectivity index (χ3n) is 5.99. The predicted octanol–water partition coefficient (Wildman–Crippen LogP) is 4.52. The Bertz CT molecular complexity index is 991. The molecule has 0 spiro atoms. The molecular formula is C24H28FN3O2. The number of carbonyl (C=O) groups is 1. The molecule has 0 aliphatic carbocycles. The van der Waals surface area contributed by atoms with Crippen LogP contribution in [0, 0.1) is 5.82 Å². The van der Waals surface area contributed by atoms with Gasteiger partial charge in [0.05, 0.1) is 7.11 Å². The second-order valence-corrected chi connectivity index (χ2v) is 7.91. The van der Waals surface area contributed by atoms with Crippen molar-refractivity contribution in [3.05, 3.63) is 71.7 Å². The number of rotatable bonds is 6. The van der Waals surface area contributed by atoms with Crippen LogP contribution in [0.15, 0.2) is 54.7 Å². The largest absolute Gasteiger partial charge is 0.453 e. The lowest BCUT2D eigenvalue weighted by Gasteiger charge is -2.33. The fraction of sp³-hybridized carbons (Fsp3) is 0.375. The molecule has 0 unspecified atom stereocenters. The maximum absolute atomic E-state index is 13.1. The Hall–Kier alpha value is -2.86. The van der Waals surface area contributed by atoms with E-state index in [-0.39, 0.29) is 5.82 Å². The van der Waals surface area contributed by atoms with Crippen molar-refractivity contribution in [2.24, 2.45) is 0 Å². The van der Waals surface area contributed by atoms with Crippen LogP contribution >= 0.6 is 0 Å². The topological polar surface area (TPSA) is 46.5 Å². The normalized spacial score (nSPS) is 15.4. The molecule has 0 bridgehead atoms. The maximum atomic E-state index is 13.1. The number of hydrogen-bond acceptors (Lipinski definition) is 3. The summed E-state index contributed by atoms with van der Waals surface area (Å²) in [5.74, 6) is -0.178. The molecule has 1 aliphatic heterocycles. The van der Waals surface area contributed by atoms with Gasteiger partial charge in [-0.15, -0.1) is 0 Å². The molecule has 1 amide bonds. The van der Waals surface area contributed by atoms with Crippen molar-refractivity contribution in [2.45, 2.75) is 31.8 Å². The van der Waals surface area contributed by atoms with E-state index < -0.39 is 6.09 Å². The van der Waals surface area contributed by atoms with Gasteiger partial charge in [-0.25, -0.2) is 9.18 Å². The lowest BCUT2D eigenvalue weighted by molar-refractivity contribution is 0.170. The van der Waals surface area contributed by atoms with Crippen LogP contribution in [0.5, 0.6) is 0 Å². The maximum Gasteiger partial charge on any atom is 0.407 e. The zero-order valence-corrected chi connectivity index (χ0v) is 17.3. The zero-order chi connectivity index (χ0) is 20.9. The van der Waals surface area contributed by atoms with E-state index in [9.17, 15) is 9.18 Å². The molecule has 0 radical (unpaired) electrons. The summed E-state index contributed by atoms with van der Waals surface area (Å²) in [4.78, 5) is 13.8. The SMILES string of the molecule is COC(=O)NCc1ccc2ccn(C3CCN(CCc4ccc(F)cc4)CC3)c2c1. The van der Waals surface area contributed by atoms with Gasteiger partial charge in [-0.05, 0) is 60.0 Å². The van der Waals surface area contributed by atoms with Crippen molar-refractivity contribution in [3.63, 3.8) is 0 Å². The van der Waals surface area contributed by atoms with Crippen LogP contribution in [0.25, 0.3) is 10.9 Å². The molecule has 2 heterocycles. The average molecular weight is 410 g/mol. The van der Waals surface area contributed by atoms with E-state index >= 15 is 0 Å². The predicted molar refractivity (Wildman–Crippen MR) is 116 cm³/mol. The molecule has 158 valence electrons. The Balaban J connectivity index is 1.35. The van der Waals surface area contributed by atoms with Gasteiger partial charge in [0.2, 0.25) is 0 Å². The van der Waals surface area contributed by atoms with Crippen LogP contribution in [-0.4, -0.2) is 42.3 Å². The first-order valence-electron chi connectivity index (χ1n) is 10.5. The molecule has 2 aromatic carbocycles. The summed E-state index contributed by atoms with van der Waals surface area (Å²) in [6.07, 6.45) is 4.93. The summed E-state index contributed by atoms with van der Waals surface area (Å²) < 4.78 is 20.1. The van der Waals surface area contributed by atoms with Crippen LogP contribution in [0.2, 0.25) is 0 Å². The highest BCUT2D eigenvalue weighted by Gasteiger charge is 2.21. The third-order valence-corrected chi connectivity index (χ3v) is 5.99. The van der Waals surface area contributed by atoms with Gasteiger partial charge in [-0.3, -0.25) is 0 Å². The van der Waals surface area contributed by atoms with Crippen LogP contribution in [0.4, 0.5) is 9.18 Å². The van der Waals surface area contributed by atoms with Gasteiger partial charge >= 0.3 is 6.09 Å². The second-order valence-electron chi connectivity index (χ2n) is 7.91. The molecule has 0 atom stereocenters. The lowest BCUT2D eigenvalue weighted by Crippen LogP contribution is -2.35. The number of piperidine rings is 1. The van der Waals surface area contributed by atoms with Crippen molar-refractivity contribution >= 4 is 17.0 Å². The van der Waals surface area contributed by atoms with Crippen LogP contribution in [0.3, 0.4) is 0 Å². The van der Waals surface area contributed by atoms with Gasteiger partial charge in [0, 0.05) is 43.9 Å². The highest BCUT2D eigenvalue weighted by Crippen LogP contribution is 2.28. The molecule has 4 rings (SSSR count). The number of likely N-dealkylation sites (tertiary alicyclic amines) is 1. The summed E-state index contributed by atoms with van der Waals surface area (Å²) in [5.41, 5.74) is 3.46. The Morgan fingerprint density at radius 3 is 2.57 bits per heavy atom. The van der Waals surface area contributed by atoms with Crippen molar-refractivity contribution in [1.82, 2.24) is 14.8 Å². The third kappa shape index (κ3) is 4.82. The van der Waals surface area contributed by atoms with E-state index in [4.69, 9.17) is 0 Å². The number of carbonyl (C=O) groups excluding carboxylic acids is 1. The number of benzene rings is 2. The number of ether oxygens (including phenoxy) is 1. The molecule has 1 N–H and O–H groups in total. The monoisotopic (exact) mass is 409 g/mol. The van der Waals surface area contributed by atoms with Gasteiger partial charge in [0.1, 0.15) is 5.82 Å². The molecule has 1 fully saturated rings. The number of nitrogens with one attached hydrogen (secondary N) is 1. The van der Waals surface area contributed by atoms with Gasteiger partial charge in [0.25, 0.3) is 0 Å². The first kappa shape index (κ1) is 20.4. The Kier molecular flexibility index (Phi) is 6.33. The summed E-state index contributed by atoms with van der Waals surface area (Å²) in [5, 5.41) is 3.96. The van der Waals surface area contributed by atoms with Gasteiger partial charge in [0.15, 0.2) is 0 Å². The van der Waals surface area contributed by atoms with Gasteiger partial charge in [-0.2, -0.15) is 0 Å². The molecule has 1 saturated heterocycles. The first-order chi connectivity index (χ1) is 14.6. The molecule has 30 heavy (non-hydrogen) atoms. The Labute approximate surface area is 176 Å². The molecule has 5 nitrogen and oxygen atoms in total. The van der Waals surface area contributed by atoms with Crippen LogP contribution in [0.1, 0.15) is 30.0 Å². The van der Waals surface area contributed by atoms with E-state index in [0.717, 1.165) is 44.5 Å². The van der Waals surface area contributed by atoms with E-state index in [1.165, 1.54) is 35.7 Å². The molecule has 3 aromatic rings. The molecule has 1 aliphatic rings. The fourth-order valence-electron chi connectivity index (χ4n) is 4.23. The Morgan fingerprint density at radius 2 is 1.83 bits per heavy atom. The summed E-state index contributed by atoms with van der Waals surface area (Å²) in [7, 11) is 1.37. The van der Waals surface area contributed by atoms with E-state index in [1.807, 2.05) is 18.2 Å². The smallest absolute Gasteiger partial charge is 0.407 e. The molecular weight excluding hydrogens is 381 g/mol. The van der Waals surface area contributed by atoms with E-state index in [1.54, 1.807) is 0 Å². The first-order valence-corrected chi connectivity index (χ1v) is 10.5. The van der Waals surface area contributed by atoms with Crippen molar-refractivity contribution in [2.75, 3.05) is 26.7 Å². The highest BCUT2D eigenvalue weighted by molar-refractivity contribution is 5.81. The number of halogens is 1. The minimum atomic E-state index is -0.418. The number of amides is 1. The second kappa shape index (κ2) is 9.30. The van der Waals surface area contributed by atoms with E-state index in [0.29, 0.717) is 12.6 Å². The Morgan fingerprint density at radius 1 is 1.10 bits per heavy atom. The molecule has 0 saturated carbocycles. The standard InChI is InChI=1S/C24H28FN3O2/c1-30-24(29)26-17-19-2-5-20-9-15-28(23(20)16-19)22-10-13-27(14-11-22)12-8-18-3-6-21(25)7-4-18/h2-7,9,15-16,22H,8,10-14,17H2,1H3,(H,26,29). The zero-order valence-electron chi connectivity index (χ0n) is 17.3. The van der Waals surface area contributed by atoms with Crippen molar-refractivity contribution in [3.8, 4) is 0 Å². The minimum Gasteiger partial charge on any atom is -0.453 e. The number of hydrogen-bond donors (Lipinski definition) is 1. The summed E-state index contributed by atoms with van der Waals surface area (Å²) in [6, 6.07) is 15.8. The van der Waals surface area contributed by atoms with Gasteiger partial charge in [-0.1, -0.05) is 24.3 Å². The number of aromatic nitrogens is 1. The summed E-state index contributed by atoms with van der Waals surface area (Å²) >= 11 is 0. The quantitative estimate of drug-likeness (QED) is 0.651. The average Bonchev–Trinajstić information content (AvgIpc) is 3.20.